The maximum absolute atomic E-state index is 13.7. The molecule has 196 valence electrons. The average Bonchev–Trinajstić information content (AvgIpc) is 2.82. The zero-order chi connectivity index (χ0) is 26.5. The van der Waals surface area contributed by atoms with Crippen molar-refractivity contribution in [2.75, 3.05) is 17.1 Å². The molecule has 0 spiro atoms. The maximum Gasteiger partial charge on any atom is 0.244 e. The quantitative estimate of drug-likeness (QED) is 0.438. The molecule has 1 fully saturated rings. The summed E-state index contributed by atoms with van der Waals surface area (Å²) in [4.78, 5) is 28.3. The van der Waals surface area contributed by atoms with Crippen LogP contribution >= 0.6 is 27.5 Å². The molecule has 0 radical (unpaired) electrons. The minimum atomic E-state index is -3.79. The fourth-order valence-corrected chi connectivity index (χ4v) is 5.83. The van der Waals surface area contributed by atoms with Gasteiger partial charge in [0.2, 0.25) is 21.8 Å². The van der Waals surface area contributed by atoms with Gasteiger partial charge in [-0.3, -0.25) is 13.9 Å². The summed E-state index contributed by atoms with van der Waals surface area (Å²) in [7, 11) is -3.79. The van der Waals surface area contributed by atoms with Gasteiger partial charge in [-0.1, -0.05) is 58.9 Å². The van der Waals surface area contributed by atoms with Gasteiger partial charge in [0, 0.05) is 22.1 Å². The Kier molecular flexibility index (Phi) is 9.83. The number of sulfonamides is 1. The fourth-order valence-electron chi connectivity index (χ4n) is 4.43. The highest BCUT2D eigenvalue weighted by Gasteiger charge is 2.31. The molecule has 3 rings (SSSR count). The number of hydrogen-bond acceptors (Lipinski definition) is 4. The van der Waals surface area contributed by atoms with Crippen molar-refractivity contribution in [2.45, 2.75) is 64.6 Å². The van der Waals surface area contributed by atoms with Gasteiger partial charge >= 0.3 is 0 Å². The minimum Gasteiger partial charge on any atom is -0.352 e. The second-order valence-corrected chi connectivity index (χ2v) is 12.6. The summed E-state index contributed by atoms with van der Waals surface area (Å²) in [5.41, 5.74) is 1.83. The van der Waals surface area contributed by atoms with Crippen molar-refractivity contribution in [1.29, 1.82) is 0 Å². The minimum absolute atomic E-state index is 0.0996. The second kappa shape index (κ2) is 12.4. The molecule has 7 nitrogen and oxygen atoms in total. The molecular formula is C26H33BrClN3O4S. The fraction of sp³-hybridized carbons (Fsp3) is 0.462. The summed E-state index contributed by atoms with van der Waals surface area (Å²) >= 11 is 9.47. The van der Waals surface area contributed by atoms with E-state index in [-0.39, 0.29) is 18.5 Å². The Morgan fingerprint density at radius 1 is 1.11 bits per heavy atom. The zero-order valence-electron chi connectivity index (χ0n) is 20.8. The van der Waals surface area contributed by atoms with Gasteiger partial charge in [-0.15, -0.1) is 0 Å². The van der Waals surface area contributed by atoms with E-state index in [0.29, 0.717) is 16.3 Å². The van der Waals surface area contributed by atoms with E-state index < -0.39 is 28.5 Å². The highest BCUT2D eigenvalue weighted by Crippen LogP contribution is 2.26. The van der Waals surface area contributed by atoms with Crippen molar-refractivity contribution >= 4 is 55.1 Å². The number of rotatable bonds is 9. The number of carbonyl (C=O) groups is 2. The average molecular weight is 599 g/mol. The lowest BCUT2D eigenvalue weighted by Gasteiger charge is -2.33. The van der Waals surface area contributed by atoms with Crippen LogP contribution in [0.15, 0.2) is 46.9 Å². The van der Waals surface area contributed by atoms with Crippen molar-refractivity contribution in [3.8, 4) is 0 Å². The van der Waals surface area contributed by atoms with E-state index in [0.717, 1.165) is 46.3 Å². The number of nitrogens with zero attached hydrogens (tertiary/aromatic N) is 2. The van der Waals surface area contributed by atoms with Gasteiger partial charge in [0.25, 0.3) is 0 Å². The topological polar surface area (TPSA) is 86.8 Å². The molecule has 1 saturated carbocycles. The predicted octanol–water partition coefficient (Wildman–Crippen LogP) is 5.04. The Labute approximate surface area is 227 Å². The largest absolute Gasteiger partial charge is 0.352 e. The van der Waals surface area contributed by atoms with Crippen molar-refractivity contribution in [3.63, 3.8) is 0 Å². The molecule has 36 heavy (non-hydrogen) atoms. The molecule has 1 N–H and O–H groups in total. The molecule has 0 aromatic heterocycles. The highest BCUT2D eigenvalue weighted by atomic mass is 79.9. The Hall–Kier alpha value is -2.10. The summed E-state index contributed by atoms with van der Waals surface area (Å²) in [6.07, 6.45) is 6.23. The Morgan fingerprint density at radius 2 is 1.75 bits per heavy atom. The van der Waals surface area contributed by atoms with Crippen LogP contribution in [0, 0.1) is 6.92 Å². The Bertz CT molecular complexity index is 1180. The third kappa shape index (κ3) is 7.70. The van der Waals surface area contributed by atoms with Crippen LogP contribution in [0.1, 0.15) is 50.2 Å². The molecule has 10 heteroatoms. The lowest BCUT2D eigenvalue weighted by Crippen LogP contribution is -2.53. The van der Waals surface area contributed by atoms with E-state index in [2.05, 4.69) is 21.2 Å². The second-order valence-electron chi connectivity index (χ2n) is 9.37. The standard InChI is InChI=1S/C26H33BrClN3O4S/c1-18-15-22(28)13-14-24(18)31(36(3,34)35)17-25(32)30(16-20-9-11-21(27)12-10-20)19(2)26(33)29-23-7-5-4-6-8-23/h9-15,19,23H,4-8,16-17H2,1-3H3,(H,29,33). The first-order chi connectivity index (χ1) is 17.0. The molecular weight excluding hydrogens is 566 g/mol. The summed E-state index contributed by atoms with van der Waals surface area (Å²) in [5, 5.41) is 3.57. The van der Waals surface area contributed by atoms with E-state index in [1.165, 1.54) is 11.3 Å². The molecule has 2 aromatic carbocycles. The summed E-state index contributed by atoms with van der Waals surface area (Å²) < 4.78 is 27.4. The number of hydrogen-bond donors (Lipinski definition) is 1. The normalized spacial score (nSPS) is 15.2. The number of carbonyl (C=O) groups excluding carboxylic acids is 2. The van der Waals surface area contributed by atoms with Crippen LogP contribution in [-0.2, 0) is 26.2 Å². The number of aryl methyl sites for hydroxylation is 1. The third-order valence-electron chi connectivity index (χ3n) is 6.49. The van der Waals surface area contributed by atoms with Crippen molar-refractivity contribution in [2.24, 2.45) is 0 Å². The number of anilines is 1. The van der Waals surface area contributed by atoms with E-state index in [1.54, 1.807) is 32.0 Å². The first-order valence-corrected chi connectivity index (χ1v) is 15.1. The van der Waals surface area contributed by atoms with Crippen molar-refractivity contribution in [1.82, 2.24) is 10.2 Å². The first kappa shape index (κ1) is 28.5. The van der Waals surface area contributed by atoms with Gasteiger partial charge < -0.3 is 10.2 Å². The van der Waals surface area contributed by atoms with Crippen LogP contribution in [0.3, 0.4) is 0 Å². The lowest BCUT2D eigenvalue weighted by atomic mass is 9.95. The van der Waals surface area contributed by atoms with Gasteiger partial charge in [0.1, 0.15) is 12.6 Å². The molecule has 0 heterocycles. The van der Waals surface area contributed by atoms with E-state index in [9.17, 15) is 18.0 Å². The summed E-state index contributed by atoms with van der Waals surface area (Å²) in [6, 6.07) is 11.6. The SMILES string of the molecule is Cc1cc(Cl)ccc1N(CC(=O)N(Cc1ccc(Br)cc1)C(C)C(=O)NC1CCCCC1)S(C)(=O)=O. The third-order valence-corrected chi connectivity index (χ3v) is 8.38. The van der Waals surface area contributed by atoms with Crippen LogP contribution in [-0.4, -0.2) is 50.0 Å². The highest BCUT2D eigenvalue weighted by molar-refractivity contribution is 9.10. The molecule has 1 aliphatic carbocycles. The monoisotopic (exact) mass is 597 g/mol. The molecule has 1 aliphatic rings. The Balaban J connectivity index is 1.88. The van der Waals surface area contributed by atoms with E-state index >= 15 is 0 Å². The van der Waals surface area contributed by atoms with Gasteiger partial charge in [-0.05, 0) is 68.1 Å². The first-order valence-electron chi connectivity index (χ1n) is 12.0. The molecule has 0 saturated heterocycles. The molecule has 2 aromatic rings. The Morgan fingerprint density at radius 3 is 2.33 bits per heavy atom. The molecule has 0 bridgehead atoms. The molecule has 1 unspecified atom stereocenters. The van der Waals surface area contributed by atoms with E-state index in [1.807, 2.05) is 24.3 Å². The van der Waals surface area contributed by atoms with Crippen LogP contribution in [0.25, 0.3) is 0 Å². The van der Waals surface area contributed by atoms with Crippen LogP contribution in [0.2, 0.25) is 5.02 Å². The zero-order valence-corrected chi connectivity index (χ0v) is 24.0. The van der Waals surface area contributed by atoms with Crippen molar-refractivity contribution in [3.05, 3.63) is 63.1 Å². The van der Waals surface area contributed by atoms with Gasteiger partial charge in [-0.2, -0.15) is 0 Å². The molecule has 1 atom stereocenters. The van der Waals surface area contributed by atoms with Crippen LogP contribution in [0.4, 0.5) is 5.69 Å². The van der Waals surface area contributed by atoms with Crippen LogP contribution in [0.5, 0.6) is 0 Å². The number of benzene rings is 2. The summed E-state index contributed by atoms with van der Waals surface area (Å²) in [5.74, 6) is -0.704. The number of halogens is 2. The van der Waals surface area contributed by atoms with Gasteiger partial charge in [0.05, 0.1) is 11.9 Å². The van der Waals surface area contributed by atoms with Gasteiger partial charge in [-0.25, -0.2) is 8.42 Å². The van der Waals surface area contributed by atoms with Crippen LogP contribution < -0.4 is 9.62 Å². The lowest BCUT2D eigenvalue weighted by molar-refractivity contribution is -0.139. The molecule has 2 amide bonds. The smallest absolute Gasteiger partial charge is 0.244 e. The maximum atomic E-state index is 13.7. The molecule has 0 aliphatic heterocycles. The number of amides is 2. The van der Waals surface area contributed by atoms with E-state index in [4.69, 9.17) is 11.6 Å². The van der Waals surface area contributed by atoms with Crippen molar-refractivity contribution < 1.29 is 18.0 Å². The predicted molar refractivity (Wildman–Crippen MR) is 148 cm³/mol. The van der Waals surface area contributed by atoms with Gasteiger partial charge in [0.15, 0.2) is 0 Å². The summed E-state index contributed by atoms with van der Waals surface area (Å²) in [6.45, 7) is 3.17. The number of nitrogens with one attached hydrogen (secondary N) is 1.